The molecule has 0 radical (unpaired) electrons. The second kappa shape index (κ2) is 11.0. The predicted octanol–water partition coefficient (Wildman–Crippen LogP) is 2.42. The summed E-state index contributed by atoms with van der Waals surface area (Å²) in [5.41, 5.74) is 5.29. The van der Waals surface area contributed by atoms with Crippen LogP contribution in [0.4, 0.5) is 15.8 Å². The summed E-state index contributed by atoms with van der Waals surface area (Å²) < 4.78 is 46.7. The molecule has 1 aliphatic rings. The second-order valence-corrected chi connectivity index (χ2v) is 10.1. The summed E-state index contributed by atoms with van der Waals surface area (Å²) in [7, 11) is -4.45. The molecule has 2 aromatic rings. The zero-order valence-electron chi connectivity index (χ0n) is 19.4. The van der Waals surface area contributed by atoms with Gasteiger partial charge in [0.1, 0.15) is 17.3 Å². The SMILES string of the molecule is CC(C)(ON1ON(c2ccc(F)c(Br)c2)C(C(=N)N)=C1NCCNS(=O)(=O)O)c1ccc([N+](=O)[O-])cc1. The van der Waals surface area contributed by atoms with Crippen molar-refractivity contribution in [3.8, 4) is 0 Å². The number of hydroxylamine groups is 3. The Hall–Kier alpha value is -3.35. The highest BCUT2D eigenvalue weighted by Crippen LogP contribution is 2.36. The standard InChI is InChI=1S/C20H23BrFN7O7S/c1-20(2,12-3-5-13(6-4-12)28(30)31)35-29-19(25-9-10-26-37(32,33)34)17(18(23)24)27(36-29)14-7-8-16(22)15(21)11-14/h3-8,11,25-26H,9-10H2,1-2H3,(H3,23,24)(H,32,33,34). The zero-order chi connectivity index (χ0) is 27.5. The Bertz CT molecular complexity index is 1340. The number of rotatable bonds is 11. The first kappa shape index (κ1) is 28.2. The minimum absolute atomic E-state index is 0.0138. The van der Waals surface area contributed by atoms with Crippen LogP contribution in [0.25, 0.3) is 0 Å². The molecule has 1 aliphatic heterocycles. The summed E-state index contributed by atoms with van der Waals surface area (Å²) >= 11 is 3.09. The molecule has 1 heterocycles. The van der Waals surface area contributed by atoms with Crippen LogP contribution in [0.3, 0.4) is 0 Å². The number of nitro groups is 1. The maximum absolute atomic E-state index is 13.8. The molecular formula is C20H23BrFN7O7S. The van der Waals surface area contributed by atoms with Gasteiger partial charge in [0.25, 0.3) is 5.69 Å². The molecule has 0 aliphatic carbocycles. The smallest absolute Gasteiger partial charge is 0.333 e. The van der Waals surface area contributed by atoms with E-state index < -0.39 is 32.5 Å². The molecule has 200 valence electrons. The van der Waals surface area contributed by atoms with Crippen LogP contribution in [0, 0.1) is 21.3 Å². The van der Waals surface area contributed by atoms with Crippen LogP contribution in [0.15, 0.2) is 58.5 Å². The lowest BCUT2D eigenvalue weighted by atomic mass is 9.98. The van der Waals surface area contributed by atoms with E-state index in [9.17, 15) is 22.9 Å². The number of benzene rings is 2. The fraction of sp³-hybridized carbons (Fsp3) is 0.250. The Morgan fingerprint density at radius 3 is 2.49 bits per heavy atom. The van der Waals surface area contributed by atoms with Gasteiger partial charge >= 0.3 is 10.3 Å². The molecule has 3 rings (SSSR count). The molecule has 0 unspecified atom stereocenters. The van der Waals surface area contributed by atoms with E-state index >= 15 is 0 Å². The number of nitrogens with zero attached hydrogens (tertiary/aromatic N) is 3. The van der Waals surface area contributed by atoms with Crippen molar-refractivity contribution in [1.29, 1.82) is 5.41 Å². The van der Waals surface area contributed by atoms with Gasteiger partial charge in [-0.05, 0) is 65.7 Å². The summed E-state index contributed by atoms with van der Waals surface area (Å²) in [6.45, 7) is 2.95. The summed E-state index contributed by atoms with van der Waals surface area (Å²) in [4.78, 5) is 22.3. The number of non-ortho nitro benzene ring substituents is 1. The van der Waals surface area contributed by atoms with Crippen LogP contribution < -0.4 is 20.8 Å². The predicted molar refractivity (Wildman–Crippen MR) is 133 cm³/mol. The number of nitro benzene ring substituents is 1. The van der Waals surface area contributed by atoms with Gasteiger partial charge in [0, 0.05) is 25.2 Å². The number of nitrogens with one attached hydrogen (secondary N) is 3. The lowest BCUT2D eigenvalue weighted by Crippen LogP contribution is -2.39. The van der Waals surface area contributed by atoms with Crippen molar-refractivity contribution >= 4 is 43.4 Å². The first-order valence-electron chi connectivity index (χ1n) is 10.4. The molecule has 0 amide bonds. The van der Waals surface area contributed by atoms with E-state index in [-0.39, 0.29) is 40.5 Å². The van der Waals surface area contributed by atoms with E-state index in [4.69, 9.17) is 25.5 Å². The van der Waals surface area contributed by atoms with Gasteiger partial charge in [-0.1, -0.05) is 5.23 Å². The lowest BCUT2D eigenvalue weighted by molar-refractivity contribution is -0.385. The fourth-order valence-corrected chi connectivity index (χ4v) is 3.91. The van der Waals surface area contributed by atoms with Crippen LogP contribution in [0.2, 0.25) is 0 Å². The second-order valence-electron chi connectivity index (χ2n) is 8.04. The van der Waals surface area contributed by atoms with Gasteiger partial charge in [-0.2, -0.15) is 18.2 Å². The van der Waals surface area contributed by atoms with Gasteiger partial charge in [-0.15, -0.1) is 4.94 Å². The quantitative estimate of drug-likeness (QED) is 0.0631. The maximum Gasteiger partial charge on any atom is 0.333 e. The topological polar surface area (TPSA) is 196 Å². The fourth-order valence-electron chi connectivity index (χ4n) is 3.18. The third-order valence-electron chi connectivity index (χ3n) is 4.94. The van der Waals surface area contributed by atoms with Crippen molar-refractivity contribution in [3.05, 3.63) is 80.0 Å². The Morgan fingerprint density at radius 1 is 1.30 bits per heavy atom. The molecule has 2 aromatic carbocycles. The van der Waals surface area contributed by atoms with Gasteiger partial charge < -0.3 is 11.1 Å². The summed E-state index contributed by atoms with van der Waals surface area (Å²) in [6.07, 6.45) is 0. The van der Waals surface area contributed by atoms with E-state index in [2.05, 4.69) is 21.2 Å². The van der Waals surface area contributed by atoms with E-state index in [0.29, 0.717) is 5.56 Å². The molecule has 0 fully saturated rings. The average Bonchev–Trinajstić information content (AvgIpc) is 3.15. The van der Waals surface area contributed by atoms with Gasteiger partial charge in [-0.25, -0.2) is 9.23 Å². The molecular weight excluding hydrogens is 581 g/mol. The highest BCUT2D eigenvalue weighted by Gasteiger charge is 2.39. The van der Waals surface area contributed by atoms with Crippen LogP contribution >= 0.6 is 15.9 Å². The molecule has 0 saturated heterocycles. The summed E-state index contributed by atoms with van der Waals surface area (Å²) in [5.74, 6) is -1.04. The van der Waals surface area contributed by atoms with Crippen molar-refractivity contribution in [2.24, 2.45) is 5.73 Å². The Kier molecular flexibility index (Phi) is 8.35. The van der Waals surface area contributed by atoms with Gasteiger partial charge in [0.05, 0.1) is 15.1 Å². The van der Waals surface area contributed by atoms with Gasteiger partial charge in [-0.3, -0.25) is 20.1 Å². The Labute approximate surface area is 219 Å². The molecule has 0 bridgehead atoms. The first-order valence-corrected chi connectivity index (χ1v) is 12.6. The summed E-state index contributed by atoms with van der Waals surface area (Å²) in [6, 6.07) is 9.53. The van der Waals surface area contributed by atoms with Crippen molar-refractivity contribution in [1.82, 2.24) is 15.3 Å². The van der Waals surface area contributed by atoms with Crippen molar-refractivity contribution in [2.75, 3.05) is 18.2 Å². The van der Waals surface area contributed by atoms with Gasteiger partial charge in [0.15, 0.2) is 11.5 Å². The molecule has 0 aromatic heterocycles. The van der Waals surface area contributed by atoms with Crippen molar-refractivity contribution in [3.63, 3.8) is 0 Å². The molecule has 0 saturated carbocycles. The molecule has 0 atom stereocenters. The average molecular weight is 604 g/mol. The van der Waals surface area contributed by atoms with Crippen LogP contribution in [0.1, 0.15) is 19.4 Å². The Morgan fingerprint density at radius 2 is 1.95 bits per heavy atom. The highest BCUT2D eigenvalue weighted by atomic mass is 79.9. The number of hydrogen-bond acceptors (Lipinski definition) is 10. The number of amidine groups is 1. The number of anilines is 1. The molecule has 37 heavy (non-hydrogen) atoms. The molecule has 14 nitrogen and oxygen atoms in total. The highest BCUT2D eigenvalue weighted by molar-refractivity contribution is 9.10. The van der Waals surface area contributed by atoms with E-state index in [0.717, 1.165) is 16.4 Å². The molecule has 17 heteroatoms. The van der Waals surface area contributed by atoms with Crippen LogP contribution in [-0.2, 0) is 25.7 Å². The minimum Gasteiger partial charge on any atom is -0.382 e. The number of halogens is 2. The summed E-state index contributed by atoms with van der Waals surface area (Å²) in [5, 5.41) is 23.9. The van der Waals surface area contributed by atoms with E-state index in [1.54, 1.807) is 13.8 Å². The lowest BCUT2D eigenvalue weighted by Gasteiger charge is -2.31. The minimum atomic E-state index is -4.45. The maximum atomic E-state index is 13.8. The molecule has 6 N–H and O–H groups in total. The van der Waals surface area contributed by atoms with Crippen molar-refractivity contribution in [2.45, 2.75) is 19.4 Å². The molecule has 0 spiro atoms. The van der Waals surface area contributed by atoms with Crippen molar-refractivity contribution < 1.29 is 32.1 Å². The zero-order valence-corrected chi connectivity index (χ0v) is 21.8. The normalized spacial score (nSPS) is 14.3. The van der Waals surface area contributed by atoms with Gasteiger partial charge in [0.2, 0.25) is 0 Å². The third-order valence-corrected chi connectivity index (χ3v) is 6.12. The first-order chi connectivity index (χ1) is 17.2. The number of hydrogen-bond donors (Lipinski definition) is 5. The monoisotopic (exact) mass is 603 g/mol. The van der Waals surface area contributed by atoms with E-state index in [1.165, 1.54) is 36.4 Å². The number of nitrogens with two attached hydrogens (primary N) is 1. The van der Waals surface area contributed by atoms with Crippen LogP contribution in [0.5, 0.6) is 0 Å². The van der Waals surface area contributed by atoms with Crippen LogP contribution in [-0.4, -0.2) is 42.0 Å². The van der Waals surface area contributed by atoms with E-state index in [1.807, 2.05) is 4.72 Å². The Balaban J connectivity index is 1.96. The largest absolute Gasteiger partial charge is 0.382 e. The third kappa shape index (κ3) is 6.90.